The molecule has 1 aromatic heterocycles. The van der Waals surface area contributed by atoms with E-state index in [0.29, 0.717) is 12.5 Å². The van der Waals surface area contributed by atoms with Gasteiger partial charge in [-0.25, -0.2) is 4.39 Å². The number of amides is 1. The molecule has 0 radical (unpaired) electrons. The van der Waals surface area contributed by atoms with E-state index in [1.807, 2.05) is 24.4 Å². The van der Waals surface area contributed by atoms with Gasteiger partial charge in [0.25, 0.3) is 0 Å². The molecule has 0 bridgehead atoms. The first kappa shape index (κ1) is 21.2. The van der Waals surface area contributed by atoms with Crippen molar-refractivity contribution in [3.63, 3.8) is 0 Å². The highest BCUT2D eigenvalue weighted by Crippen LogP contribution is 2.58. The molecule has 1 amide bonds. The minimum atomic E-state index is -0.183. The number of hydrogen-bond donors (Lipinski definition) is 1. The summed E-state index contributed by atoms with van der Waals surface area (Å²) in [6.07, 6.45) is 14.6. The lowest BCUT2D eigenvalue weighted by Gasteiger charge is -2.17. The molecule has 2 atom stereocenters. The number of unbranched alkanes of at least 4 members (excludes halogenated alkanes) is 2. The normalized spacial score (nSPS) is 20.7. The Morgan fingerprint density at radius 1 is 1.28 bits per heavy atom. The van der Waals surface area contributed by atoms with E-state index in [9.17, 15) is 9.18 Å². The Hall–Kier alpha value is -2.49. The van der Waals surface area contributed by atoms with Crippen molar-refractivity contribution in [1.82, 2.24) is 10.3 Å². The molecule has 1 heterocycles. The zero-order valence-electron chi connectivity index (χ0n) is 17.2. The standard InChI is InChI=1S/C25H31FN2O/c1-2-3-14-25(21-10-6-11-23(26)17-21)18-22(25)12-13-24(29)28-16-5-4-8-20-9-7-15-27-19-20/h6-7,9-13,15,17,19,22H,2-5,8,14,16,18H2,1H3,(H,28,29)/t22-,25-/m1/s1. The van der Waals surface area contributed by atoms with Crippen molar-refractivity contribution in [3.8, 4) is 0 Å². The Labute approximate surface area is 173 Å². The molecule has 4 heteroatoms. The molecule has 1 aromatic carbocycles. The summed E-state index contributed by atoms with van der Waals surface area (Å²) in [5.74, 6) is 0.0890. The highest BCUT2D eigenvalue weighted by atomic mass is 19.1. The summed E-state index contributed by atoms with van der Waals surface area (Å²) in [5, 5.41) is 2.97. The number of pyridine rings is 1. The summed E-state index contributed by atoms with van der Waals surface area (Å²) in [6.45, 7) is 2.85. The van der Waals surface area contributed by atoms with Crippen LogP contribution in [0.4, 0.5) is 4.39 Å². The summed E-state index contributed by atoms with van der Waals surface area (Å²) in [7, 11) is 0. The van der Waals surface area contributed by atoms with Crippen LogP contribution in [-0.4, -0.2) is 17.4 Å². The van der Waals surface area contributed by atoms with Crippen LogP contribution >= 0.6 is 0 Å². The van der Waals surface area contributed by atoms with Crippen molar-refractivity contribution >= 4 is 5.91 Å². The zero-order chi connectivity index (χ0) is 20.5. The van der Waals surface area contributed by atoms with Gasteiger partial charge in [0.05, 0.1) is 0 Å². The number of benzene rings is 1. The molecule has 154 valence electrons. The first-order valence-corrected chi connectivity index (χ1v) is 10.7. The van der Waals surface area contributed by atoms with Gasteiger partial charge in [0.15, 0.2) is 0 Å². The summed E-state index contributed by atoms with van der Waals surface area (Å²) in [6, 6.07) is 11.0. The molecule has 0 unspecified atom stereocenters. The number of nitrogens with one attached hydrogen (secondary N) is 1. The summed E-state index contributed by atoms with van der Waals surface area (Å²) >= 11 is 0. The molecule has 0 aliphatic heterocycles. The molecule has 3 nitrogen and oxygen atoms in total. The molecule has 29 heavy (non-hydrogen) atoms. The molecule has 3 rings (SSSR count). The van der Waals surface area contributed by atoms with Crippen LogP contribution < -0.4 is 5.32 Å². The van der Waals surface area contributed by atoms with Gasteiger partial charge in [0, 0.05) is 24.4 Å². The van der Waals surface area contributed by atoms with Crippen molar-refractivity contribution in [2.75, 3.05) is 6.54 Å². The number of allylic oxidation sites excluding steroid dienone is 1. The first-order chi connectivity index (χ1) is 14.1. The number of halogens is 1. The smallest absolute Gasteiger partial charge is 0.243 e. The number of aryl methyl sites for hydroxylation is 1. The number of carbonyl (C=O) groups is 1. The Morgan fingerprint density at radius 3 is 2.93 bits per heavy atom. The quantitative estimate of drug-likeness (QED) is 0.411. The van der Waals surface area contributed by atoms with Gasteiger partial charge in [-0.15, -0.1) is 0 Å². The van der Waals surface area contributed by atoms with Crippen LogP contribution in [0.3, 0.4) is 0 Å². The number of aromatic nitrogens is 1. The fourth-order valence-corrected chi connectivity index (χ4v) is 4.11. The summed E-state index contributed by atoms with van der Waals surface area (Å²) < 4.78 is 13.7. The Morgan fingerprint density at radius 2 is 2.17 bits per heavy atom. The number of nitrogens with zero attached hydrogens (tertiary/aromatic N) is 1. The molecule has 1 aliphatic rings. The minimum absolute atomic E-state index is 0.00138. The van der Waals surface area contributed by atoms with Crippen LogP contribution in [0.2, 0.25) is 0 Å². The van der Waals surface area contributed by atoms with Gasteiger partial charge >= 0.3 is 0 Å². The van der Waals surface area contributed by atoms with Crippen molar-refractivity contribution in [2.45, 2.75) is 57.3 Å². The van der Waals surface area contributed by atoms with Crippen LogP contribution in [0.5, 0.6) is 0 Å². The molecular weight excluding hydrogens is 363 g/mol. The van der Waals surface area contributed by atoms with E-state index in [0.717, 1.165) is 50.5 Å². The SMILES string of the molecule is CCCC[C@]1(c2cccc(F)c2)C[C@H]1C=CC(=O)NCCCCc1cccnc1. The van der Waals surface area contributed by atoms with Crippen molar-refractivity contribution < 1.29 is 9.18 Å². The lowest BCUT2D eigenvalue weighted by atomic mass is 9.87. The van der Waals surface area contributed by atoms with Crippen LogP contribution in [0.15, 0.2) is 60.9 Å². The van der Waals surface area contributed by atoms with Gasteiger partial charge in [-0.1, -0.05) is 44.0 Å². The summed E-state index contributed by atoms with van der Waals surface area (Å²) in [5.41, 5.74) is 2.29. The highest BCUT2D eigenvalue weighted by Gasteiger charge is 2.52. The van der Waals surface area contributed by atoms with E-state index in [4.69, 9.17) is 0 Å². The second-order valence-electron chi connectivity index (χ2n) is 8.05. The number of hydrogen-bond acceptors (Lipinski definition) is 2. The van der Waals surface area contributed by atoms with E-state index < -0.39 is 0 Å². The monoisotopic (exact) mass is 394 g/mol. The van der Waals surface area contributed by atoms with Crippen molar-refractivity contribution in [2.24, 2.45) is 5.92 Å². The van der Waals surface area contributed by atoms with Crippen molar-refractivity contribution in [1.29, 1.82) is 0 Å². The molecule has 0 spiro atoms. The summed E-state index contributed by atoms with van der Waals surface area (Å²) in [4.78, 5) is 16.3. The van der Waals surface area contributed by atoms with E-state index in [1.54, 1.807) is 24.4 Å². The molecule has 1 fully saturated rings. The molecule has 2 aromatic rings. The predicted molar refractivity (Wildman–Crippen MR) is 115 cm³/mol. The van der Waals surface area contributed by atoms with Gasteiger partial charge in [-0.3, -0.25) is 9.78 Å². The molecular formula is C25H31FN2O. The van der Waals surface area contributed by atoms with Crippen LogP contribution in [-0.2, 0) is 16.6 Å². The number of rotatable bonds is 11. The average Bonchev–Trinajstić information content (AvgIpc) is 3.46. The zero-order valence-corrected chi connectivity index (χ0v) is 17.2. The van der Waals surface area contributed by atoms with Gasteiger partial charge in [-0.05, 0) is 73.4 Å². The second kappa shape index (κ2) is 10.3. The molecule has 1 N–H and O–H groups in total. The third kappa shape index (κ3) is 5.99. The Bertz CT molecular complexity index is 821. The third-order valence-corrected chi connectivity index (χ3v) is 5.90. The average molecular weight is 395 g/mol. The maximum atomic E-state index is 13.7. The van der Waals surface area contributed by atoms with Crippen LogP contribution in [0.25, 0.3) is 0 Å². The maximum Gasteiger partial charge on any atom is 0.243 e. The third-order valence-electron chi connectivity index (χ3n) is 5.90. The topological polar surface area (TPSA) is 42.0 Å². The van der Waals surface area contributed by atoms with Crippen LogP contribution in [0, 0.1) is 11.7 Å². The first-order valence-electron chi connectivity index (χ1n) is 10.7. The fourth-order valence-electron chi connectivity index (χ4n) is 4.11. The highest BCUT2D eigenvalue weighted by molar-refractivity contribution is 5.87. The van der Waals surface area contributed by atoms with Gasteiger partial charge in [-0.2, -0.15) is 0 Å². The van der Waals surface area contributed by atoms with Gasteiger partial charge in [0.2, 0.25) is 5.91 Å². The largest absolute Gasteiger partial charge is 0.353 e. The lowest BCUT2D eigenvalue weighted by Crippen LogP contribution is -2.22. The number of carbonyl (C=O) groups excluding carboxylic acids is 1. The van der Waals surface area contributed by atoms with E-state index in [2.05, 4.69) is 23.3 Å². The van der Waals surface area contributed by atoms with Gasteiger partial charge < -0.3 is 5.32 Å². The van der Waals surface area contributed by atoms with Crippen LogP contribution in [0.1, 0.15) is 56.6 Å². The van der Waals surface area contributed by atoms with Gasteiger partial charge in [0.1, 0.15) is 5.82 Å². The van der Waals surface area contributed by atoms with E-state index in [-0.39, 0.29) is 17.1 Å². The Balaban J connectivity index is 1.44. The molecule has 1 saturated carbocycles. The van der Waals surface area contributed by atoms with Crippen molar-refractivity contribution in [3.05, 3.63) is 77.9 Å². The lowest BCUT2D eigenvalue weighted by molar-refractivity contribution is -0.116. The Kier molecular flexibility index (Phi) is 7.56. The molecule has 0 saturated heterocycles. The van der Waals surface area contributed by atoms with E-state index in [1.165, 1.54) is 11.6 Å². The van der Waals surface area contributed by atoms with E-state index >= 15 is 0 Å². The second-order valence-corrected chi connectivity index (χ2v) is 8.05. The molecule has 1 aliphatic carbocycles. The fraction of sp³-hybridized carbons (Fsp3) is 0.440. The minimum Gasteiger partial charge on any atom is -0.353 e. The maximum absolute atomic E-state index is 13.7. The predicted octanol–water partition coefficient (Wildman–Crippen LogP) is 5.36.